The molecule has 0 aromatic heterocycles. The van der Waals surface area contributed by atoms with Gasteiger partial charge < -0.3 is 47.4 Å². The standard InChI is InChI=1S/C80H152O17P2/c1-5-9-13-17-21-25-29-33-37-40-42-46-50-54-58-62-66-77(83)91-73-80(96-79(85)68-64-60-56-52-48-44-39-35-31-27-23-19-15-11-7-3)97-99(88,89)93-70-74(81)69-92-98(86,87)94-72-75(71-90-76(82)65-61-57-53-49-45-41-36-32-28-24-20-16-12-8-4)95-78(84)67-63-59-55-51-47-43-38-34-30-26-22-18-14-10-6-2/h28,32-33,37,74-75,80-81H,5-27,29-31,34-36,38-73H2,1-4H3,(H,86,87)(H,88,89)/p-2/b32-28-,37-33-. The summed E-state index contributed by atoms with van der Waals surface area (Å²) in [5.74, 6) is -2.50. The first-order valence-electron chi connectivity index (χ1n) is 41.1. The second-order valence-corrected chi connectivity index (χ2v) is 30.8. The number of ether oxygens (including phenoxy) is 4. The molecule has 0 rings (SSSR count). The Morgan fingerprint density at radius 1 is 0.303 bits per heavy atom. The maximum absolute atomic E-state index is 13.1. The van der Waals surface area contributed by atoms with Gasteiger partial charge >= 0.3 is 23.9 Å². The van der Waals surface area contributed by atoms with Gasteiger partial charge in [0.25, 0.3) is 15.6 Å². The van der Waals surface area contributed by atoms with E-state index in [0.29, 0.717) is 25.7 Å². The van der Waals surface area contributed by atoms with Crippen LogP contribution in [0.15, 0.2) is 24.3 Å². The van der Waals surface area contributed by atoms with Crippen LogP contribution in [0.25, 0.3) is 0 Å². The fourth-order valence-corrected chi connectivity index (χ4v) is 13.5. The molecule has 0 heterocycles. The third kappa shape index (κ3) is 73.6. The van der Waals surface area contributed by atoms with Crippen molar-refractivity contribution in [3.63, 3.8) is 0 Å². The van der Waals surface area contributed by atoms with Gasteiger partial charge in [-0.15, -0.1) is 0 Å². The van der Waals surface area contributed by atoms with Crippen molar-refractivity contribution in [3.05, 3.63) is 24.3 Å². The summed E-state index contributed by atoms with van der Waals surface area (Å²) in [6.45, 7) is 4.92. The van der Waals surface area contributed by atoms with Crippen LogP contribution in [-0.2, 0) is 65.4 Å². The van der Waals surface area contributed by atoms with Gasteiger partial charge in [-0.2, -0.15) is 0 Å². The summed E-state index contributed by atoms with van der Waals surface area (Å²) >= 11 is 0. The van der Waals surface area contributed by atoms with Crippen molar-refractivity contribution in [1.29, 1.82) is 0 Å². The van der Waals surface area contributed by atoms with Gasteiger partial charge in [0.1, 0.15) is 12.7 Å². The number of rotatable bonds is 79. The van der Waals surface area contributed by atoms with Gasteiger partial charge in [-0.3, -0.25) is 32.8 Å². The lowest BCUT2D eigenvalue weighted by molar-refractivity contribution is -0.249. The molecule has 0 aromatic carbocycles. The van der Waals surface area contributed by atoms with Crippen LogP contribution in [0.2, 0.25) is 0 Å². The predicted molar refractivity (Wildman–Crippen MR) is 400 cm³/mol. The number of hydrogen-bond acceptors (Lipinski definition) is 17. The van der Waals surface area contributed by atoms with Gasteiger partial charge in [-0.1, -0.05) is 335 Å². The van der Waals surface area contributed by atoms with E-state index in [-0.39, 0.29) is 25.7 Å². The van der Waals surface area contributed by atoms with Crippen LogP contribution in [0.3, 0.4) is 0 Å². The molecule has 0 bridgehead atoms. The van der Waals surface area contributed by atoms with Gasteiger partial charge in [-0.25, -0.2) is 0 Å². The normalized spacial score (nSPS) is 14.0. The fraction of sp³-hybridized carbons (Fsp3) is 0.900. The Hall–Kier alpha value is -2.46. The second-order valence-electron chi connectivity index (χ2n) is 28.0. The van der Waals surface area contributed by atoms with Gasteiger partial charge in [0.2, 0.25) is 6.29 Å². The first-order chi connectivity index (χ1) is 48.2. The first kappa shape index (κ1) is 96.5. The molecule has 0 aliphatic rings. The van der Waals surface area contributed by atoms with E-state index < -0.39 is 91.1 Å². The minimum atomic E-state index is -5.41. The van der Waals surface area contributed by atoms with Crippen molar-refractivity contribution in [3.8, 4) is 0 Å². The highest BCUT2D eigenvalue weighted by molar-refractivity contribution is 7.46. The quantitative estimate of drug-likeness (QED) is 0.0149. The van der Waals surface area contributed by atoms with Gasteiger partial charge in [0.15, 0.2) is 12.7 Å². The number of aliphatic hydroxyl groups is 1. The molecule has 584 valence electrons. The Labute approximate surface area is 605 Å². The van der Waals surface area contributed by atoms with Crippen molar-refractivity contribution < 1.29 is 80.2 Å². The molecule has 0 saturated carbocycles. The van der Waals surface area contributed by atoms with Gasteiger partial charge in [0.05, 0.1) is 19.8 Å². The smallest absolute Gasteiger partial charge is 0.308 e. The summed E-state index contributed by atoms with van der Waals surface area (Å²) in [5, 5.41) is 10.6. The molecular formula is C80H150O17P2-2. The zero-order valence-electron chi connectivity index (χ0n) is 63.9. The molecule has 0 amide bonds. The monoisotopic (exact) mass is 1450 g/mol. The van der Waals surface area contributed by atoms with E-state index in [1.807, 2.05) is 0 Å². The minimum Gasteiger partial charge on any atom is -0.756 e. The van der Waals surface area contributed by atoms with E-state index in [1.54, 1.807) is 0 Å². The van der Waals surface area contributed by atoms with Crippen LogP contribution in [0.4, 0.5) is 0 Å². The summed E-state index contributed by atoms with van der Waals surface area (Å²) in [5.41, 5.74) is 0. The summed E-state index contributed by atoms with van der Waals surface area (Å²) in [7, 11) is -10.7. The number of unbranched alkanes of at least 4 members (excludes halogenated alkanes) is 50. The number of allylic oxidation sites excluding steroid dienone is 4. The molecule has 99 heavy (non-hydrogen) atoms. The number of hydrogen-bond donors (Lipinski definition) is 1. The van der Waals surface area contributed by atoms with Gasteiger partial charge in [-0.05, 0) is 77.0 Å². The summed E-state index contributed by atoms with van der Waals surface area (Å²) in [4.78, 5) is 77.9. The molecule has 5 atom stereocenters. The Morgan fingerprint density at radius 2 is 0.545 bits per heavy atom. The highest BCUT2D eigenvalue weighted by atomic mass is 31.2. The molecule has 0 fully saturated rings. The van der Waals surface area contributed by atoms with Crippen molar-refractivity contribution in [2.45, 2.75) is 431 Å². The van der Waals surface area contributed by atoms with Crippen molar-refractivity contribution in [2.24, 2.45) is 0 Å². The zero-order valence-corrected chi connectivity index (χ0v) is 65.7. The largest absolute Gasteiger partial charge is 0.756 e. The number of esters is 4. The van der Waals surface area contributed by atoms with Crippen molar-refractivity contribution in [1.82, 2.24) is 0 Å². The van der Waals surface area contributed by atoms with Crippen LogP contribution in [0.5, 0.6) is 0 Å². The fourth-order valence-electron chi connectivity index (χ4n) is 11.9. The SMILES string of the molecule is CCCCCC/C=C\CCCCCCCCC(=O)OCC(COP(=O)([O-])OCC(O)COP(=O)([O-])OC(COC(=O)CCCCCCCC/C=C\CCCCCCCC)OC(=O)CCCCCCCCCCCCCCCCC)OC(=O)CCCCCCCCCCCCCCCCC. The Morgan fingerprint density at radius 3 is 0.869 bits per heavy atom. The Bertz CT molecular complexity index is 1970. The molecule has 19 heteroatoms. The molecule has 0 radical (unpaired) electrons. The summed E-state index contributed by atoms with van der Waals surface area (Å²) in [6, 6.07) is 0. The second kappa shape index (κ2) is 73.8. The number of carbonyl (C=O) groups excluding carboxylic acids is 4. The minimum absolute atomic E-state index is 0.0228. The maximum Gasteiger partial charge on any atom is 0.308 e. The molecule has 5 unspecified atom stereocenters. The van der Waals surface area contributed by atoms with E-state index in [1.165, 1.54) is 193 Å². The Kier molecular flexibility index (Phi) is 72.0. The number of phosphoric acid groups is 2. The Balaban J connectivity index is 5.35. The van der Waals surface area contributed by atoms with Crippen molar-refractivity contribution >= 4 is 39.5 Å². The molecule has 0 aliphatic carbocycles. The maximum atomic E-state index is 13.1. The lowest BCUT2D eigenvalue weighted by Crippen LogP contribution is -2.31. The molecule has 0 spiro atoms. The predicted octanol–water partition coefficient (Wildman–Crippen LogP) is 22.8. The van der Waals surface area contributed by atoms with Crippen LogP contribution < -0.4 is 9.79 Å². The number of phosphoric ester groups is 2. The van der Waals surface area contributed by atoms with E-state index in [2.05, 4.69) is 52.0 Å². The molecule has 1 N–H and O–H groups in total. The number of aliphatic hydroxyl groups excluding tert-OH is 1. The molecule has 0 aliphatic heterocycles. The summed E-state index contributed by atoms with van der Waals surface area (Å²) in [6.07, 6.45) is 67.8. The van der Waals surface area contributed by atoms with E-state index in [4.69, 9.17) is 37.0 Å². The van der Waals surface area contributed by atoms with Crippen LogP contribution in [0, 0.1) is 0 Å². The lowest BCUT2D eigenvalue weighted by Gasteiger charge is -2.29. The third-order valence-corrected chi connectivity index (χ3v) is 20.0. The zero-order chi connectivity index (χ0) is 72.5. The van der Waals surface area contributed by atoms with E-state index in [0.717, 1.165) is 141 Å². The van der Waals surface area contributed by atoms with Crippen molar-refractivity contribution in [2.75, 3.05) is 33.0 Å². The molecule has 17 nitrogen and oxygen atoms in total. The van der Waals surface area contributed by atoms with Gasteiger partial charge in [0, 0.05) is 25.7 Å². The summed E-state index contributed by atoms with van der Waals surface area (Å²) < 4.78 is 67.7. The third-order valence-electron chi connectivity index (χ3n) is 18.1. The average molecular weight is 1450 g/mol. The first-order valence-corrected chi connectivity index (χ1v) is 44.0. The average Bonchev–Trinajstić information content (AvgIpc) is 1.10. The topological polar surface area (TPSA) is 243 Å². The number of carbonyl (C=O) groups is 4. The highest BCUT2D eigenvalue weighted by Gasteiger charge is 2.26. The van der Waals surface area contributed by atoms with E-state index >= 15 is 0 Å². The molecule has 0 saturated heterocycles. The molecule has 0 aromatic rings. The van der Waals surface area contributed by atoms with Crippen LogP contribution >= 0.6 is 15.6 Å². The van der Waals surface area contributed by atoms with E-state index in [9.17, 15) is 43.2 Å². The van der Waals surface area contributed by atoms with Crippen LogP contribution in [0.1, 0.15) is 413 Å². The van der Waals surface area contributed by atoms with Crippen LogP contribution in [-0.4, -0.2) is 80.5 Å². The molecular weight excluding hydrogens is 1290 g/mol. The highest BCUT2D eigenvalue weighted by Crippen LogP contribution is 2.42. The lowest BCUT2D eigenvalue weighted by atomic mass is 10.0.